The van der Waals surface area contributed by atoms with Crippen LogP contribution in [0.15, 0.2) is 36.4 Å². The van der Waals surface area contributed by atoms with E-state index in [-0.39, 0.29) is 61.6 Å². The fraction of sp³-hybridized carbons (Fsp3) is 0.375. The molecule has 1 amide bonds. The van der Waals surface area contributed by atoms with Crippen LogP contribution in [0.3, 0.4) is 0 Å². The predicted molar refractivity (Wildman–Crippen MR) is 75.7 cm³/mol. The molecule has 0 bridgehead atoms. The zero-order valence-electron chi connectivity index (χ0n) is 12.3. The molecule has 1 N–H and O–H groups in total. The van der Waals surface area contributed by atoms with Crippen LogP contribution in [0.5, 0.6) is 0 Å². The van der Waals surface area contributed by atoms with Crippen LogP contribution in [-0.2, 0) is 29.8 Å². The summed E-state index contributed by atoms with van der Waals surface area (Å²) in [4.78, 5) is 13.5. The Kier molecular flexibility index (Phi) is 15.2. The Morgan fingerprint density at radius 2 is 2.00 bits per heavy atom. The van der Waals surface area contributed by atoms with E-state index in [0.717, 1.165) is 26.0 Å². The predicted octanol–water partition coefficient (Wildman–Crippen LogP) is 2.75. The molecule has 0 saturated carbocycles. The van der Waals surface area contributed by atoms with E-state index in [1.165, 1.54) is 5.56 Å². The minimum Gasteiger partial charge on any atom is -0.566 e. The number of carbonyl (C=O) groups is 1. The van der Waals surface area contributed by atoms with Crippen molar-refractivity contribution in [2.45, 2.75) is 32.2 Å². The van der Waals surface area contributed by atoms with E-state index < -0.39 is 0 Å². The number of nitrogens with zero attached hydrogens (tertiary/aromatic N) is 1. The van der Waals surface area contributed by atoms with Crippen molar-refractivity contribution >= 4 is 5.91 Å². The topological polar surface area (TPSA) is 40.5 Å². The number of rotatable bonds is 4. The summed E-state index contributed by atoms with van der Waals surface area (Å²) in [5, 5.41) is 7.44. The molecule has 3 nitrogen and oxygen atoms in total. The number of hydrogen-bond acceptors (Lipinski definition) is 2. The number of hydrogen-bond donors (Lipinski definition) is 1. The summed E-state index contributed by atoms with van der Waals surface area (Å²) in [6.07, 6.45) is 4.03. The second-order valence-corrected chi connectivity index (χ2v) is 4.38. The van der Waals surface area contributed by atoms with Crippen LogP contribution < -0.4 is 0 Å². The summed E-state index contributed by atoms with van der Waals surface area (Å²) < 4.78 is 0. The van der Waals surface area contributed by atoms with Crippen molar-refractivity contribution in [3.8, 4) is 0 Å². The van der Waals surface area contributed by atoms with E-state index in [4.69, 9.17) is 11.7 Å². The van der Waals surface area contributed by atoms with E-state index in [9.17, 15) is 4.79 Å². The Morgan fingerprint density at radius 3 is 2.52 bits per heavy atom. The molecule has 1 saturated heterocycles. The van der Waals surface area contributed by atoms with Gasteiger partial charge >= 0.3 is 31.1 Å². The standard InChI is InChI=1S/C14H16NO.C2H5O.U.V/c1-2-13-8-9-14(16)15(13)11-10-12-6-4-3-5-7-12;1-2-3;;/h1-7,13H,8-11H2;2-3H,1H3;;/q2*-1;+2;. The molecule has 1 aliphatic heterocycles. The SMILES string of the molecule is C[CH-]O.[CH-]=CC1CCC(=O)N1CCc1ccccc1.[U+2].[V]. The third kappa shape index (κ3) is 8.28. The first-order chi connectivity index (χ1) is 9.22. The Hall–Kier alpha value is 0.0264. The zero-order chi connectivity index (χ0) is 14.1. The number of amides is 1. The van der Waals surface area contributed by atoms with E-state index >= 15 is 0 Å². The Balaban J connectivity index is 0. The first-order valence-corrected chi connectivity index (χ1v) is 6.53. The molecule has 0 aromatic heterocycles. The van der Waals surface area contributed by atoms with Crippen molar-refractivity contribution in [1.82, 2.24) is 4.90 Å². The molecule has 2 rings (SSSR count). The van der Waals surface area contributed by atoms with Gasteiger partial charge in [0.25, 0.3) is 0 Å². The van der Waals surface area contributed by atoms with Gasteiger partial charge in [-0.05, 0) is 18.4 Å². The maximum Gasteiger partial charge on any atom is 2.00 e. The Bertz CT molecular complexity index is 401. The van der Waals surface area contributed by atoms with Crippen LogP contribution in [-0.4, -0.2) is 28.5 Å². The van der Waals surface area contributed by atoms with E-state index in [0.29, 0.717) is 6.42 Å². The van der Waals surface area contributed by atoms with Gasteiger partial charge in [-0.1, -0.05) is 30.3 Å². The van der Waals surface area contributed by atoms with Crippen LogP contribution in [0.2, 0.25) is 0 Å². The van der Waals surface area contributed by atoms with Crippen LogP contribution >= 0.6 is 0 Å². The van der Waals surface area contributed by atoms with Gasteiger partial charge < -0.3 is 16.6 Å². The van der Waals surface area contributed by atoms with E-state index in [1.54, 1.807) is 13.0 Å². The summed E-state index contributed by atoms with van der Waals surface area (Å²) in [5.74, 6) is 0.225. The van der Waals surface area contributed by atoms with Crippen LogP contribution in [0.4, 0.5) is 0 Å². The summed E-state index contributed by atoms with van der Waals surface area (Å²) >= 11 is 0. The molecule has 1 fully saturated rings. The van der Waals surface area contributed by atoms with Gasteiger partial charge in [0, 0.05) is 37.6 Å². The van der Waals surface area contributed by atoms with Gasteiger partial charge in [0.2, 0.25) is 5.91 Å². The van der Waals surface area contributed by atoms with Gasteiger partial charge in [-0.15, -0.1) is 0 Å². The quantitative estimate of drug-likeness (QED) is 0.589. The molecule has 1 aliphatic rings. The minimum absolute atomic E-state index is 0. The summed E-state index contributed by atoms with van der Waals surface area (Å²) in [5.41, 5.74) is 1.26. The van der Waals surface area contributed by atoms with Gasteiger partial charge in [0.05, 0.1) is 0 Å². The number of aliphatic hydroxyl groups excluding tert-OH is 1. The molecule has 1 heterocycles. The molecule has 111 valence electrons. The maximum atomic E-state index is 11.6. The summed E-state index contributed by atoms with van der Waals surface area (Å²) in [7, 11) is 0. The fourth-order valence-corrected chi connectivity index (χ4v) is 2.14. The van der Waals surface area contributed by atoms with Crippen molar-refractivity contribution < 1.29 is 59.6 Å². The van der Waals surface area contributed by atoms with E-state index in [2.05, 4.69) is 12.1 Å². The molecule has 1 radical (unpaired) electrons. The molecular weight excluding hydrogens is 527 g/mol. The average molecular weight is 548 g/mol. The van der Waals surface area contributed by atoms with Crippen molar-refractivity contribution in [1.29, 1.82) is 0 Å². The summed E-state index contributed by atoms with van der Waals surface area (Å²) in [6.45, 7) is 8.86. The molecule has 0 aliphatic carbocycles. The number of likely N-dealkylation sites (tertiary alicyclic amines) is 1. The van der Waals surface area contributed by atoms with Crippen molar-refractivity contribution in [3.05, 3.63) is 55.2 Å². The normalized spacial score (nSPS) is 16.2. The number of carbonyl (C=O) groups excluding carboxylic acids is 1. The van der Waals surface area contributed by atoms with Gasteiger partial charge in [-0.3, -0.25) is 10.9 Å². The minimum atomic E-state index is 0. The first kappa shape index (κ1) is 23.3. The molecule has 0 spiro atoms. The van der Waals surface area contributed by atoms with Gasteiger partial charge in [0.1, 0.15) is 0 Å². The van der Waals surface area contributed by atoms with Gasteiger partial charge in [-0.25, -0.2) is 6.61 Å². The van der Waals surface area contributed by atoms with Crippen LogP contribution in [0, 0.1) is 44.3 Å². The molecular formula is C16H21NO2UV. The molecule has 1 atom stereocenters. The first-order valence-electron chi connectivity index (χ1n) is 6.53. The maximum absolute atomic E-state index is 11.6. The second kappa shape index (κ2) is 13.7. The largest absolute Gasteiger partial charge is 2.00 e. The third-order valence-electron chi connectivity index (χ3n) is 3.08. The third-order valence-corrected chi connectivity index (χ3v) is 3.08. The summed E-state index contributed by atoms with van der Waals surface area (Å²) in [6, 6.07) is 10.3. The Morgan fingerprint density at radius 1 is 1.43 bits per heavy atom. The van der Waals surface area contributed by atoms with Gasteiger partial charge in [-0.2, -0.15) is 6.92 Å². The van der Waals surface area contributed by atoms with Crippen molar-refractivity contribution in [2.75, 3.05) is 6.54 Å². The molecule has 21 heavy (non-hydrogen) atoms. The molecule has 5 heteroatoms. The molecule has 1 unspecified atom stereocenters. The second-order valence-electron chi connectivity index (χ2n) is 4.38. The average Bonchev–Trinajstić information content (AvgIpc) is 2.79. The van der Waals surface area contributed by atoms with Crippen LogP contribution in [0.1, 0.15) is 25.3 Å². The molecule has 1 aromatic carbocycles. The zero-order valence-corrected chi connectivity index (χ0v) is 17.8. The van der Waals surface area contributed by atoms with Crippen LogP contribution in [0.25, 0.3) is 0 Å². The van der Waals surface area contributed by atoms with Crippen molar-refractivity contribution in [2.24, 2.45) is 0 Å². The number of aliphatic hydroxyl groups is 1. The molecule has 1 aromatic rings. The Labute approximate surface area is 163 Å². The fourth-order valence-electron chi connectivity index (χ4n) is 2.14. The monoisotopic (exact) mass is 548 g/mol. The van der Waals surface area contributed by atoms with Gasteiger partial charge in [0.15, 0.2) is 0 Å². The van der Waals surface area contributed by atoms with E-state index in [1.807, 2.05) is 23.1 Å². The number of benzene rings is 1. The van der Waals surface area contributed by atoms with Crippen molar-refractivity contribution in [3.63, 3.8) is 0 Å². The smallest absolute Gasteiger partial charge is 0.566 e.